The first-order valence-electron chi connectivity index (χ1n) is 7.78. The van der Waals surface area contributed by atoms with Crippen LogP contribution < -0.4 is 0 Å². The number of carbonyl (C=O) groups is 2. The minimum absolute atomic E-state index is 0.00122. The van der Waals surface area contributed by atoms with Crippen LogP contribution in [0.1, 0.15) is 23.3 Å². The molecule has 2 aliphatic rings. The normalized spacial score (nSPS) is 22.1. The first kappa shape index (κ1) is 15.0. The number of carbonyl (C=O) groups excluding carboxylic acids is 2. The Morgan fingerprint density at radius 1 is 1.27 bits per heavy atom. The number of likely N-dealkylation sites (tertiary alicyclic amines) is 1. The average molecular weight is 306 g/mol. The summed E-state index contributed by atoms with van der Waals surface area (Å²) in [6.45, 7) is 3.99. The van der Waals surface area contributed by atoms with Gasteiger partial charge in [0.25, 0.3) is 5.91 Å². The number of ether oxygens (including phenoxy) is 1. The van der Waals surface area contributed by atoms with Gasteiger partial charge < -0.3 is 14.5 Å². The summed E-state index contributed by atoms with van der Waals surface area (Å²) >= 11 is 0. The number of rotatable bonds is 3. The minimum atomic E-state index is 0.00122. The van der Waals surface area contributed by atoms with Crippen LogP contribution in [0.2, 0.25) is 0 Å². The van der Waals surface area contributed by atoms with Crippen LogP contribution in [0.25, 0.3) is 0 Å². The molecule has 2 amide bonds. The number of morpholine rings is 1. The number of nitrogens with zero attached hydrogens (tertiary/aromatic N) is 4. The fourth-order valence-corrected chi connectivity index (χ4v) is 3.12. The minimum Gasteiger partial charge on any atom is -0.378 e. The Bertz CT molecular complexity index is 551. The van der Waals surface area contributed by atoms with Crippen LogP contribution in [0.5, 0.6) is 0 Å². The van der Waals surface area contributed by atoms with Crippen LogP contribution in [0.4, 0.5) is 0 Å². The van der Waals surface area contributed by atoms with E-state index in [-0.39, 0.29) is 17.7 Å². The Morgan fingerprint density at radius 2 is 2.05 bits per heavy atom. The lowest BCUT2D eigenvalue weighted by Gasteiger charge is -2.27. The molecule has 2 fully saturated rings. The van der Waals surface area contributed by atoms with Crippen molar-refractivity contribution < 1.29 is 14.3 Å². The molecule has 22 heavy (non-hydrogen) atoms. The van der Waals surface area contributed by atoms with Gasteiger partial charge in [-0.05, 0) is 18.4 Å². The average Bonchev–Trinajstić information content (AvgIpc) is 3.16. The lowest BCUT2D eigenvalue weighted by molar-refractivity contribution is -0.136. The van der Waals surface area contributed by atoms with Crippen molar-refractivity contribution in [3.63, 3.8) is 0 Å². The van der Waals surface area contributed by atoms with Gasteiger partial charge >= 0.3 is 0 Å². The molecule has 0 N–H and O–H groups in total. The second-order valence-corrected chi connectivity index (χ2v) is 5.94. The number of hydrogen-bond donors (Lipinski definition) is 0. The summed E-state index contributed by atoms with van der Waals surface area (Å²) in [6, 6.07) is 1.73. The van der Waals surface area contributed by atoms with Gasteiger partial charge in [0.2, 0.25) is 5.91 Å². The van der Waals surface area contributed by atoms with Gasteiger partial charge in [0.1, 0.15) is 5.69 Å². The molecule has 0 saturated carbocycles. The largest absolute Gasteiger partial charge is 0.378 e. The molecule has 7 heteroatoms. The Morgan fingerprint density at radius 3 is 2.73 bits per heavy atom. The highest BCUT2D eigenvalue weighted by Crippen LogP contribution is 2.22. The molecule has 7 nitrogen and oxygen atoms in total. The Kier molecular flexibility index (Phi) is 4.42. The summed E-state index contributed by atoms with van der Waals surface area (Å²) in [4.78, 5) is 28.4. The van der Waals surface area contributed by atoms with Crippen molar-refractivity contribution in [2.45, 2.75) is 12.8 Å². The topological polar surface area (TPSA) is 67.7 Å². The first-order chi connectivity index (χ1) is 10.6. The second kappa shape index (κ2) is 6.48. The molecule has 0 aromatic carbocycles. The van der Waals surface area contributed by atoms with Crippen molar-refractivity contribution in [1.82, 2.24) is 19.6 Å². The number of aromatic nitrogens is 2. The summed E-state index contributed by atoms with van der Waals surface area (Å²) in [5.41, 5.74) is 0.597. The van der Waals surface area contributed by atoms with Crippen molar-refractivity contribution in [3.8, 4) is 0 Å². The quantitative estimate of drug-likeness (QED) is 0.796. The summed E-state index contributed by atoms with van der Waals surface area (Å²) in [6.07, 6.45) is 3.04. The highest BCUT2D eigenvalue weighted by Gasteiger charge is 2.30. The van der Waals surface area contributed by atoms with Crippen molar-refractivity contribution >= 4 is 11.8 Å². The van der Waals surface area contributed by atoms with E-state index in [1.807, 2.05) is 9.80 Å². The maximum absolute atomic E-state index is 12.4. The third-order valence-corrected chi connectivity index (χ3v) is 4.44. The van der Waals surface area contributed by atoms with Crippen molar-refractivity contribution in [1.29, 1.82) is 0 Å². The maximum atomic E-state index is 12.4. The number of amides is 2. The molecule has 1 aromatic rings. The Labute approximate surface area is 129 Å². The van der Waals surface area contributed by atoms with Crippen LogP contribution in [0.15, 0.2) is 12.3 Å². The fourth-order valence-electron chi connectivity index (χ4n) is 3.12. The predicted octanol–water partition coefficient (Wildman–Crippen LogP) is 0.131. The van der Waals surface area contributed by atoms with Crippen LogP contribution in [-0.2, 0) is 16.6 Å². The summed E-state index contributed by atoms with van der Waals surface area (Å²) in [5, 5.41) is 4.03. The third kappa shape index (κ3) is 3.14. The molecular formula is C15H22N4O3. The van der Waals surface area contributed by atoms with E-state index in [2.05, 4.69) is 5.10 Å². The van der Waals surface area contributed by atoms with E-state index in [0.717, 1.165) is 6.42 Å². The van der Waals surface area contributed by atoms with Gasteiger partial charge in [-0.2, -0.15) is 5.10 Å². The fraction of sp³-hybridized carbons (Fsp3) is 0.667. The van der Waals surface area contributed by atoms with Gasteiger partial charge in [-0.1, -0.05) is 0 Å². The smallest absolute Gasteiger partial charge is 0.272 e. The zero-order valence-corrected chi connectivity index (χ0v) is 12.9. The molecular weight excluding hydrogens is 284 g/mol. The lowest BCUT2D eigenvalue weighted by Crippen LogP contribution is -2.41. The van der Waals surface area contributed by atoms with Crippen LogP contribution >= 0.6 is 0 Å². The SMILES string of the molecule is Cn1nccc1C(=O)N1CCC(CC(=O)N2CCOCC2)C1. The third-order valence-electron chi connectivity index (χ3n) is 4.44. The molecule has 2 aliphatic heterocycles. The van der Waals surface area contributed by atoms with E-state index >= 15 is 0 Å². The van der Waals surface area contributed by atoms with Gasteiger partial charge in [0.05, 0.1) is 13.2 Å². The van der Waals surface area contributed by atoms with Crippen molar-refractivity contribution in [2.75, 3.05) is 39.4 Å². The molecule has 1 unspecified atom stereocenters. The zero-order chi connectivity index (χ0) is 15.5. The van der Waals surface area contributed by atoms with Crippen LogP contribution in [0, 0.1) is 5.92 Å². The summed E-state index contributed by atoms with van der Waals surface area (Å²) < 4.78 is 6.86. The van der Waals surface area contributed by atoms with Gasteiger partial charge in [0.15, 0.2) is 0 Å². The molecule has 1 aromatic heterocycles. The molecule has 120 valence electrons. The lowest BCUT2D eigenvalue weighted by atomic mass is 10.0. The zero-order valence-electron chi connectivity index (χ0n) is 12.9. The molecule has 0 aliphatic carbocycles. The van der Waals surface area contributed by atoms with E-state index in [1.165, 1.54) is 0 Å². The van der Waals surface area contributed by atoms with E-state index < -0.39 is 0 Å². The van der Waals surface area contributed by atoms with Crippen molar-refractivity contribution in [2.24, 2.45) is 13.0 Å². The van der Waals surface area contributed by atoms with E-state index in [0.29, 0.717) is 51.5 Å². The molecule has 0 bridgehead atoms. The van der Waals surface area contributed by atoms with Crippen LogP contribution in [0.3, 0.4) is 0 Å². The molecule has 3 rings (SSSR count). The van der Waals surface area contributed by atoms with Gasteiger partial charge in [-0.3, -0.25) is 14.3 Å². The van der Waals surface area contributed by atoms with Crippen molar-refractivity contribution in [3.05, 3.63) is 18.0 Å². The summed E-state index contributed by atoms with van der Waals surface area (Å²) in [7, 11) is 1.77. The molecule has 0 radical (unpaired) electrons. The Balaban J connectivity index is 1.53. The van der Waals surface area contributed by atoms with E-state index in [1.54, 1.807) is 24.0 Å². The maximum Gasteiger partial charge on any atom is 0.272 e. The van der Waals surface area contributed by atoms with Gasteiger partial charge in [-0.15, -0.1) is 0 Å². The van der Waals surface area contributed by atoms with Gasteiger partial charge in [-0.25, -0.2) is 0 Å². The molecule has 0 spiro atoms. The van der Waals surface area contributed by atoms with Gasteiger partial charge in [0, 0.05) is 45.8 Å². The first-order valence-corrected chi connectivity index (χ1v) is 7.78. The number of aryl methyl sites for hydroxylation is 1. The predicted molar refractivity (Wildman–Crippen MR) is 79.2 cm³/mol. The monoisotopic (exact) mass is 306 g/mol. The summed E-state index contributed by atoms with van der Waals surface area (Å²) in [5.74, 6) is 0.442. The van der Waals surface area contributed by atoms with E-state index in [9.17, 15) is 9.59 Å². The standard InChI is InChI=1S/C15H22N4O3/c1-17-13(2-4-16-17)15(21)19-5-3-12(11-19)10-14(20)18-6-8-22-9-7-18/h2,4,12H,3,5-11H2,1H3. The second-order valence-electron chi connectivity index (χ2n) is 5.94. The highest BCUT2D eigenvalue weighted by atomic mass is 16.5. The number of hydrogen-bond acceptors (Lipinski definition) is 4. The van der Waals surface area contributed by atoms with Crippen LogP contribution in [-0.4, -0.2) is 70.8 Å². The highest BCUT2D eigenvalue weighted by molar-refractivity contribution is 5.92. The van der Waals surface area contributed by atoms with E-state index in [4.69, 9.17) is 4.74 Å². The molecule has 2 saturated heterocycles. The Hall–Kier alpha value is -1.89. The molecule has 1 atom stereocenters. The molecule has 3 heterocycles.